The minimum absolute atomic E-state index is 0.136. The SMILES string of the molecule is COc1ccc(C)cc1NC(=O)C1CC(=O)Nc2ccccc21. The molecular formula is C18H18N2O3. The van der Waals surface area contributed by atoms with Crippen molar-refractivity contribution < 1.29 is 14.3 Å². The molecule has 2 amide bonds. The maximum absolute atomic E-state index is 12.7. The summed E-state index contributed by atoms with van der Waals surface area (Å²) in [5.74, 6) is -0.279. The number of para-hydroxylation sites is 1. The van der Waals surface area contributed by atoms with Gasteiger partial charge in [-0.3, -0.25) is 9.59 Å². The molecule has 1 atom stereocenters. The lowest BCUT2D eigenvalue weighted by atomic mass is 9.89. The molecule has 0 spiro atoms. The van der Waals surface area contributed by atoms with Gasteiger partial charge in [0.1, 0.15) is 5.75 Å². The van der Waals surface area contributed by atoms with Crippen molar-refractivity contribution in [2.45, 2.75) is 19.3 Å². The average Bonchev–Trinajstić information content (AvgIpc) is 2.54. The van der Waals surface area contributed by atoms with Crippen LogP contribution in [0.25, 0.3) is 0 Å². The zero-order valence-electron chi connectivity index (χ0n) is 13.1. The molecule has 0 saturated carbocycles. The zero-order chi connectivity index (χ0) is 16.4. The molecular weight excluding hydrogens is 292 g/mol. The highest BCUT2D eigenvalue weighted by atomic mass is 16.5. The molecule has 0 fully saturated rings. The topological polar surface area (TPSA) is 67.4 Å². The van der Waals surface area contributed by atoms with Crippen LogP contribution in [0.3, 0.4) is 0 Å². The number of methoxy groups -OCH3 is 1. The minimum atomic E-state index is -0.509. The predicted molar refractivity (Wildman–Crippen MR) is 88.8 cm³/mol. The molecule has 118 valence electrons. The van der Waals surface area contributed by atoms with E-state index in [1.807, 2.05) is 43.3 Å². The van der Waals surface area contributed by atoms with E-state index in [1.165, 1.54) is 0 Å². The van der Waals surface area contributed by atoms with Crippen LogP contribution < -0.4 is 15.4 Å². The van der Waals surface area contributed by atoms with Gasteiger partial charge >= 0.3 is 0 Å². The first-order valence-corrected chi connectivity index (χ1v) is 7.43. The summed E-state index contributed by atoms with van der Waals surface area (Å²) in [6, 6.07) is 13.0. The summed E-state index contributed by atoms with van der Waals surface area (Å²) in [7, 11) is 1.56. The fourth-order valence-electron chi connectivity index (χ4n) is 2.78. The van der Waals surface area contributed by atoms with E-state index in [4.69, 9.17) is 4.74 Å². The lowest BCUT2D eigenvalue weighted by Crippen LogP contribution is -2.30. The number of carbonyl (C=O) groups excluding carboxylic acids is 2. The number of rotatable bonds is 3. The molecule has 0 aliphatic carbocycles. The molecule has 2 N–H and O–H groups in total. The van der Waals surface area contributed by atoms with Crippen molar-refractivity contribution in [2.24, 2.45) is 0 Å². The lowest BCUT2D eigenvalue weighted by molar-refractivity contribution is -0.123. The van der Waals surface area contributed by atoms with Crippen LogP contribution in [0.4, 0.5) is 11.4 Å². The lowest BCUT2D eigenvalue weighted by Gasteiger charge is -2.25. The Kier molecular flexibility index (Phi) is 4.02. The summed E-state index contributed by atoms with van der Waals surface area (Å²) in [5, 5.41) is 5.69. The van der Waals surface area contributed by atoms with E-state index in [2.05, 4.69) is 10.6 Å². The number of anilines is 2. The van der Waals surface area contributed by atoms with Crippen molar-refractivity contribution >= 4 is 23.2 Å². The molecule has 2 aromatic carbocycles. The van der Waals surface area contributed by atoms with E-state index >= 15 is 0 Å². The summed E-state index contributed by atoms with van der Waals surface area (Å²) in [4.78, 5) is 24.6. The van der Waals surface area contributed by atoms with Crippen LogP contribution in [0.15, 0.2) is 42.5 Å². The smallest absolute Gasteiger partial charge is 0.232 e. The van der Waals surface area contributed by atoms with Crippen molar-refractivity contribution in [3.63, 3.8) is 0 Å². The molecule has 1 unspecified atom stereocenters. The van der Waals surface area contributed by atoms with Crippen LogP contribution in [-0.4, -0.2) is 18.9 Å². The number of benzene rings is 2. The molecule has 23 heavy (non-hydrogen) atoms. The van der Waals surface area contributed by atoms with Crippen LogP contribution >= 0.6 is 0 Å². The third kappa shape index (κ3) is 3.04. The summed E-state index contributed by atoms with van der Waals surface area (Å²) >= 11 is 0. The second kappa shape index (κ2) is 6.12. The van der Waals surface area contributed by atoms with Crippen molar-refractivity contribution in [3.8, 4) is 5.75 Å². The molecule has 2 aromatic rings. The fraction of sp³-hybridized carbons (Fsp3) is 0.222. The second-order valence-electron chi connectivity index (χ2n) is 5.59. The number of aryl methyl sites for hydroxylation is 1. The van der Waals surface area contributed by atoms with Gasteiger partial charge in [-0.2, -0.15) is 0 Å². The first-order valence-electron chi connectivity index (χ1n) is 7.43. The van der Waals surface area contributed by atoms with Crippen LogP contribution in [0.2, 0.25) is 0 Å². The van der Waals surface area contributed by atoms with Gasteiger partial charge in [0, 0.05) is 12.1 Å². The summed E-state index contributed by atoms with van der Waals surface area (Å²) in [6.07, 6.45) is 0.136. The highest BCUT2D eigenvalue weighted by Crippen LogP contribution is 2.34. The maximum atomic E-state index is 12.7. The number of carbonyl (C=O) groups is 2. The van der Waals surface area contributed by atoms with E-state index in [9.17, 15) is 9.59 Å². The van der Waals surface area contributed by atoms with E-state index < -0.39 is 5.92 Å². The Morgan fingerprint density at radius 3 is 2.83 bits per heavy atom. The standard InChI is InChI=1S/C18H18N2O3/c1-11-7-8-16(23-2)15(9-11)20-18(22)13-10-17(21)19-14-6-4-3-5-12(13)14/h3-9,13H,10H2,1-2H3,(H,19,21)(H,20,22). The zero-order valence-corrected chi connectivity index (χ0v) is 13.1. The molecule has 1 aliphatic heterocycles. The van der Waals surface area contributed by atoms with Crippen molar-refractivity contribution in [1.29, 1.82) is 0 Å². The Hall–Kier alpha value is -2.82. The fourth-order valence-corrected chi connectivity index (χ4v) is 2.78. The summed E-state index contributed by atoms with van der Waals surface area (Å²) in [5.41, 5.74) is 3.15. The van der Waals surface area contributed by atoms with Crippen molar-refractivity contribution in [1.82, 2.24) is 0 Å². The summed E-state index contributed by atoms with van der Waals surface area (Å²) in [6.45, 7) is 1.94. The quantitative estimate of drug-likeness (QED) is 0.915. The highest BCUT2D eigenvalue weighted by molar-refractivity contribution is 6.05. The number of hydrogen-bond acceptors (Lipinski definition) is 3. The molecule has 5 heteroatoms. The second-order valence-corrected chi connectivity index (χ2v) is 5.59. The Morgan fingerprint density at radius 2 is 2.04 bits per heavy atom. The number of ether oxygens (including phenoxy) is 1. The van der Waals surface area contributed by atoms with E-state index in [0.29, 0.717) is 17.1 Å². The van der Waals surface area contributed by atoms with Gasteiger partial charge in [0.15, 0.2) is 0 Å². The van der Waals surface area contributed by atoms with Crippen LogP contribution in [0, 0.1) is 6.92 Å². The molecule has 0 aromatic heterocycles. The highest BCUT2D eigenvalue weighted by Gasteiger charge is 2.30. The van der Waals surface area contributed by atoms with Gasteiger partial charge in [0.25, 0.3) is 0 Å². The molecule has 0 bridgehead atoms. The largest absolute Gasteiger partial charge is 0.495 e. The number of amides is 2. The predicted octanol–water partition coefficient (Wildman–Crippen LogP) is 3.07. The van der Waals surface area contributed by atoms with E-state index in [-0.39, 0.29) is 18.2 Å². The molecule has 0 saturated heterocycles. The maximum Gasteiger partial charge on any atom is 0.232 e. The first kappa shape index (κ1) is 15.1. The Morgan fingerprint density at radius 1 is 1.26 bits per heavy atom. The van der Waals surface area contributed by atoms with Gasteiger partial charge < -0.3 is 15.4 Å². The summed E-state index contributed by atoms with van der Waals surface area (Å²) < 4.78 is 5.29. The van der Waals surface area contributed by atoms with Gasteiger partial charge in [-0.25, -0.2) is 0 Å². The Bertz CT molecular complexity index is 771. The van der Waals surface area contributed by atoms with E-state index in [1.54, 1.807) is 13.2 Å². The van der Waals surface area contributed by atoms with Gasteiger partial charge in [-0.1, -0.05) is 24.3 Å². The van der Waals surface area contributed by atoms with Crippen molar-refractivity contribution in [3.05, 3.63) is 53.6 Å². The Labute approximate surface area is 134 Å². The average molecular weight is 310 g/mol. The normalized spacial score (nSPS) is 16.3. The molecule has 1 heterocycles. The molecule has 3 rings (SSSR count). The number of fused-ring (bicyclic) bond motifs is 1. The molecule has 0 radical (unpaired) electrons. The first-order chi connectivity index (χ1) is 11.1. The third-order valence-corrected chi connectivity index (χ3v) is 3.93. The van der Waals surface area contributed by atoms with Crippen LogP contribution in [0.5, 0.6) is 5.75 Å². The van der Waals surface area contributed by atoms with Gasteiger partial charge in [-0.15, -0.1) is 0 Å². The van der Waals surface area contributed by atoms with Crippen molar-refractivity contribution in [2.75, 3.05) is 17.7 Å². The monoisotopic (exact) mass is 310 g/mol. The Balaban J connectivity index is 1.90. The molecule has 1 aliphatic rings. The van der Waals surface area contributed by atoms with Gasteiger partial charge in [0.05, 0.1) is 18.7 Å². The van der Waals surface area contributed by atoms with Gasteiger partial charge in [-0.05, 0) is 36.2 Å². The van der Waals surface area contributed by atoms with Gasteiger partial charge in [0.2, 0.25) is 11.8 Å². The number of hydrogen-bond donors (Lipinski definition) is 2. The minimum Gasteiger partial charge on any atom is -0.495 e. The third-order valence-electron chi connectivity index (χ3n) is 3.93. The van der Waals surface area contributed by atoms with Crippen LogP contribution in [0.1, 0.15) is 23.5 Å². The van der Waals surface area contributed by atoms with Crippen LogP contribution in [-0.2, 0) is 9.59 Å². The van der Waals surface area contributed by atoms with E-state index in [0.717, 1.165) is 11.1 Å². The number of nitrogens with one attached hydrogen (secondary N) is 2. The molecule has 5 nitrogen and oxygen atoms in total.